The van der Waals surface area contributed by atoms with Crippen molar-refractivity contribution in [1.82, 2.24) is 10.2 Å². The van der Waals surface area contributed by atoms with Crippen molar-refractivity contribution < 1.29 is 4.39 Å². The van der Waals surface area contributed by atoms with Crippen LogP contribution in [0.1, 0.15) is 17.2 Å². The molecule has 1 saturated heterocycles. The molecule has 0 bridgehead atoms. The number of hydrogen-bond acceptors (Lipinski definition) is 3. The number of benzene rings is 1. The maximum Gasteiger partial charge on any atom is 0.129 e. The number of hydrogen-bond donors (Lipinski definition) is 1. The average Bonchev–Trinajstić information content (AvgIpc) is 2.97. The van der Waals surface area contributed by atoms with Crippen LogP contribution in [0, 0.1) is 5.82 Å². The summed E-state index contributed by atoms with van der Waals surface area (Å²) in [5.74, 6) is -0.229. The minimum atomic E-state index is -0.229. The smallest absolute Gasteiger partial charge is 0.129 e. The second-order valence-electron chi connectivity index (χ2n) is 4.91. The van der Waals surface area contributed by atoms with Crippen molar-refractivity contribution in [2.45, 2.75) is 6.04 Å². The molecule has 1 aromatic heterocycles. The highest BCUT2D eigenvalue weighted by molar-refractivity contribution is 7.08. The van der Waals surface area contributed by atoms with E-state index in [1.165, 1.54) is 6.07 Å². The monoisotopic (exact) mass is 310 g/mol. The van der Waals surface area contributed by atoms with E-state index in [0.717, 1.165) is 31.7 Å². The van der Waals surface area contributed by atoms with Crippen molar-refractivity contribution >= 4 is 22.9 Å². The van der Waals surface area contributed by atoms with Gasteiger partial charge < -0.3 is 5.32 Å². The maximum atomic E-state index is 14.3. The number of nitrogens with zero attached hydrogens (tertiary/aromatic N) is 1. The van der Waals surface area contributed by atoms with Crippen LogP contribution in [0.15, 0.2) is 35.0 Å². The summed E-state index contributed by atoms with van der Waals surface area (Å²) >= 11 is 7.52. The third kappa shape index (κ3) is 2.88. The predicted molar refractivity (Wildman–Crippen MR) is 82.0 cm³/mol. The molecule has 2 nitrogen and oxygen atoms in total. The van der Waals surface area contributed by atoms with Crippen molar-refractivity contribution in [3.63, 3.8) is 0 Å². The molecule has 0 saturated carbocycles. The van der Waals surface area contributed by atoms with Crippen molar-refractivity contribution in [2.24, 2.45) is 0 Å². The van der Waals surface area contributed by atoms with Crippen LogP contribution in [0.5, 0.6) is 0 Å². The molecule has 106 valence electrons. The molecule has 2 aromatic rings. The summed E-state index contributed by atoms with van der Waals surface area (Å²) in [4.78, 5) is 2.32. The summed E-state index contributed by atoms with van der Waals surface area (Å²) in [6.45, 7) is 3.72. The summed E-state index contributed by atoms with van der Waals surface area (Å²) < 4.78 is 14.3. The van der Waals surface area contributed by atoms with Crippen molar-refractivity contribution in [3.05, 3.63) is 57.0 Å². The normalized spacial score (nSPS) is 18.1. The van der Waals surface area contributed by atoms with Crippen LogP contribution in [-0.4, -0.2) is 31.1 Å². The fraction of sp³-hybridized carbons (Fsp3) is 0.333. The molecule has 2 heterocycles. The first kappa shape index (κ1) is 14.0. The van der Waals surface area contributed by atoms with Gasteiger partial charge >= 0.3 is 0 Å². The van der Waals surface area contributed by atoms with Crippen LogP contribution in [0.25, 0.3) is 0 Å². The summed E-state index contributed by atoms with van der Waals surface area (Å²) in [7, 11) is 0. The number of halogens is 2. The Hall–Kier alpha value is -0.940. The molecular formula is C15H16ClFN2S. The second kappa shape index (κ2) is 6.22. The molecule has 0 amide bonds. The van der Waals surface area contributed by atoms with E-state index in [2.05, 4.69) is 21.7 Å². The molecule has 3 rings (SSSR count). The molecule has 1 N–H and O–H groups in total. The van der Waals surface area contributed by atoms with E-state index in [0.29, 0.717) is 10.6 Å². The number of thiophene rings is 1. The van der Waals surface area contributed by atoms with E-state index in [4.69, 9.17) is 11.6 Å². The Morgan fingerprint density at radius 2 is 2.05 bits per heavy atom. The minimum Gasteiger partial charge on any atom is -0.314 e. The Morgan fingerprint density at radius 3 is 2.70 bits per heavy atom. The lowest BCUT2D eigenvalue weighted by atomic mass is 9.98. The topological polar surface area (TPSA) is 15.3 Å². The molecule has 20 heavy (non-hydrogen) atoms. The number of nitrogens with one attached hydrogen (secondary N) is 1. The largest absolute Gasteiger partial charge is 0.314 e. The Kier molecular flexibility index (Phi) is 4.36. The minimum absolute atomic E-state index is 0.0272. The molecule has 0 radical (unpaired) electrons. The highest BCUT2D eigenvalue weighted by atomic mass is 35.5. The lowest BCUT2D eigenvalue weighted by molar-refractivity contribution is 0.195. The molecule has 1 fully saturated rings. The molecule has 0 aliphatic carbocycles. The first-order valence-corrected chi connectivity index (χ1v) is 7.99. The summed E-state index contributed by atoms with van der Waals surface area (Å²) in [6.07, 6.45) is 0. The first-order valence-electron chi connectivity index (χ1n) is 6.67. The van der Waals surface area contributed by atoms with E-state index in [1.54, 1.807) is 17.4 Å². The summed E-state index contributed by atoms with van der Waals surface area (Å²) in [5, 5.41) is 7.91. The van der Waals surface area contributed by atoms with Crippen LogP contribution >= 0.6 is 22.9 Å². The molecule has 1 aromatic carbocycles. The molecule has 0 unspecified atom stereocenters. The molecule has 1 aliphatic heterocycles. The maximum absolute atomic E-state index is 14.3. The zero-order valence-corrected chi connectivity index (χ0v) is 12.6. The average molecular weight is 311 g/mol. The quantitative estimate of drug-likeness (QED) is 0.933. The fourth-order valence-electron chi connectivity index (χ4n) is 2.68. The van der Waals surface area contributed by atoms with E-state index >= 15 is 0 Å². The summed E-state index contributed by atoms with van der Waals surface area (Å²) in [5.41, 5.74) is 1.85. The van der Waals surface area contributed by atoms with Gasteiger partial charge in [0, 0.05) is 36.8 Å². The van der Waals surface area contributed by atoms with Crippen molar-refractivity contribution in [3.8, 4) is 0 Å². The zero-order chi connectivity index (χ0) is 13.9. The van der Waals surface area contributed by atoms with E-state index in [9.17, 15) is 4.39 Å². The van der Waals surface area contributed by atoms with Gasteiger partial charge in [-0.2, -0.15) is 11.3 Å². The Morgan fingerprint density at radius 1 is 1.25 bits per heavy atom. The van der Waals surface area contributed by atoms with Gasteiger partial charge in [-0.1, -0.05) is 17.7 Å². The Balaban J connectivity index is 2.00. The first-order chi connectivity index (χ1) is 9.75. The Labute approximate surface area is 127 Å². The van der Waals surface area contributed by atoms with Gasteiger partial charge in [-0.15, -0.1) is 0 Å². The summed E-state index contributed by atoms with van der Waals surface area (Å²) in [6, 6.07) is 7.02. The molecule has 5 heteroatoms. The lowest BCUT2D eigenvalue weighted by Crippen LogP contribution is -2.45. The van der Waals surface area contributed by atoms with Gasteiger partial charge in [-0.05, 0) is 34.5 Å². The van der Waals surface area contributed by atoms with Gasteiger partial charge in [0.1, 0.15) is 5.82 Å². The van der Waals surface area contributed by atoms with Crippen LogP contribution in [0.2, 0.25) is 5.02 Å². The lowest BCUT2D eigenvalue weighted by Gasteiger charge is -2.35. The van der Waals surface area contributed by atoms with Crippen LogP contribution in [0.3, 0.4) is 0 Å². The van der Waals surface area contributed by atoms with Crippen LogP contribution in [0.4, 0.5) is 4.39 Å². The van der Waals surface area contributed by atoms with Gasteiger partial charge in [-0.3, -0.25) is 4.90 Å². The molecule has 1 aliphatic rings. The van der Waals surface area contributed by atoms with Gasteiger partial charge in [0.25, 0.3) is 0 Å². The van der Waals surface area contributed by atoms with Gasteiger partial charge in [0.2, 0.25) is 0 Å². The van der Waals surface area contributed by atoms with Crippen LogP contribution in [-0.2, 0) is 0 Å². The van der Waals surface area contributed by atoms with Crippen molar-refractivity contribution in [2.75, 3.05) is 26.2 Å². The number of rotatable bonds is 3. The predicted octanol–water partition coefficient (Wildman–Crippen LogP) is 3.54. The molecular weight excluding hydrogens is 295 g/mol. The van der Waals surface area contributed by atoms with E-state index < -0.39 is 0 Å². The fourth-order valence-corrected chi connectivity index (χ4v) is 3.52. The highest BCUT2D eigenvalue weighted by Crippen LogP contribution is 2.32. The van der Waals surface area contributed by atoms with Crippen molar-refractivity contribution in [1.29, 1.82) is 0 Å². The molecule has 0 spiro atoms. The molecule has 1 atom stereocenters. The highest BCUT2D eigenvalue weighted by Gasteiger charge is 2.26. The standard InChI is InChI=1S/C15H16ClFN2S/c16-12-1-2-13(14(17)9-12)15(11-3-8-20-10-11)19-6-4-18-5-7-19/h1-3,8-10,15,18H,4-7H2/t15-/m1/s1. The second-order valence-corrected chi connectivity index (χ2v) is 6.13. The SMILES string of the molecule is Fc1cc(Cl)ccc1[C@@H](c1ccsc1)N1CCNCC1. The number of piperazine rings is 1. The zero-order valence-electron chi connectivity index (χ0n) is 11.0. The third-order valence-corrected chi connectivity index (χ3v) is 4.57. The van der Waals surface area contributed by atoms with Crippen LogP contribution < -0.4 is 5.32 Å². The van der Waals surface area contributed by atoms with Gasteiger partial charge in [0.05, 0.1) is 6.04 Å². The van der Waals surface area contributed by atoms with E-state index in [1.807, 2.05) is 11.4 Å². The van der Waals surface area contributed by atoms with Gasteiger partial charge in [0.15, 0.2) is 0 Å². The third-order valence-electron chi connectivity index (χ3n) is 3.63. The Bertz CT molecular complexity index is 567. The van der Waals surface area contributed by atoms with Gasteiger partial charge in [-0.25, -0.2) is 4.39 Å². The van der Waals surface area contributed by atoms with E-state index in [-0.39, 0.29) is 11.9 Å².